The molecule has 0 bridgehead atoms. The number of thiocarbonyl (C=S) groups is 1. The van der Waals surface area contributed by atoms with Crippen molar-refractivity contribution in [2.24, 2.45) is 5.73 Å². The average molecular weight is 630 g/mol. The minimum atomic E-state index is 0.151. The van der Waals surface area contributed by atoms with Crippen LogP contribution in [-0.2, 0) is 0 Å². The normalized spacial score (nSPS) is 11.9. The Bertz CT molecular complexity index is 994. The van der Waals surface area contributed by atoms with Gasteiger partial charge in [0, 0.05) is 11.4 Å². The van der Waals surface area contributed by atoms with Crippen LogP contribution in [0.25, 0.3) is 0 Å². The van der Waals surface area contributed by atoms with Gasteiger partial charge in [-0.3, -0.25) is 0 Å². The molecule has 8 heteroatoms. The van der Waals surface area contributed by atoms with E-state index >= 15 is 0 Å². The summed E-state index contributed by atoms with van der Waals surface area (Å²) in [5, 5.41) is 6.80. The summed E-state index contributed by atoms with van der Waals surface area (Å²) >= 11 is 8.58. The Morgan fingerprint density at radius 2 is 1.28 bits per heavy atom. The Morgan fingerprint density at radius 3 is 1.67 bits per heavy atom. The molecule has 2 atom stereocenters. The van der Waals surface area contributed by atoms with Gasteiger partial charge in [0.15, 0.2) is 5.11 Å². The van der Waals surface area contributed by atoms with Gasteiger partial charge in [-0.05, 0) is 74.6 Å². The van der Waals surface area contributed by atoms with E-state index in [0.717, 1.165) is 22.9 Å². The van der Waals surface area contributed by atoms with Crippen LogP contribution in [0.3, 0.4) is 0 Å². The number of ether oxygens (including phenoxy) is 2. The van der Waals surface area contributed by atoms with Gasteiger partial charge >= 0.3 is 104 Å². The second kappa shape index (κ2) is 16.7. The molecule has 0 fully saturated rings. The Hall–Kier alpha value is -1.94. The van der Waals surface area contributed by atoms with Crippen LogP contribution >= 0.6 is 24.0 Å². The van der Waals surface area contributed by atoms with Crippen LogP contribution < -0.4 is 25.8 Å². The first-order valence-corrected chi connectivity index (χ1v) is 15.5. The van der Waals surface area contributed by atoms with E-state index in [2.05, 4.69) is 48.7 Å². The van der Waals surface area contributed by atoms with E-state index in [1.165, 1.54) is 39.4 Å². The van der Waals surface area contributed by atoms with Crippen LogP contribution in [0.2, 0.25) is 0 Å². The van der Waals surface area contributed by atoms with Crippen LogP contribution in [0.5, 0.6) is 11.5 Å². The molecule has 0 aromatic heterocycles. The number of rotatable bonds is 10. The van der Waals surface area contributed by atoms with E-state index in [1.54, 1.807) is 0 Å². The fourth-order valence-electron chi connectivity index (χ4n) is 3.35. The predicted octanol–water partition coefficient (Wildman–Crippen LogP) is 6.65. The molecule has 192 valence electrons. The summed E-state index contributed by atoms with van der Waals surface area (Å²) in [5.74, 6) is 2.87. The Kier molecular flexibility index (Phi) is 14.1. The minimum absolute atomic E-state index is 0.151. The van der Waals surface area contributed by atoms with Crippen molar-refractivity contribution in [2.45, 2.75) is 37.0 Å². The summed E-state index contributed by atoms with van der Waals surface area (Å²) in [6.07, 6.45) is 0. The molecule has 0 aliphatic carbocycles. The molecular formula is C28H37N3O2S2Sn. The van der Waals surface area contributed by atoms with Gasteiger partial charge in [-0.2, -0.15) is 0 Å². The topological polar surface area (TPSA) is 68.5 Å². The SMILES string of the molecule is CCOc1ccc(NC(=S)Nc2ccc(OCC)cc2)cc1.CCS[CH]([SnH])c1ccccc1C(C)N. The average Bonchev–Trinajstić information content (AvgIpc) is 2.87. The van der Waals surface area contributed by atoms with Crippen LogP contribution in [0.1, 0.15) is 48.1 Å². The molecule has 0 aliphatic heterocycles. The van der Waals surface area contributed by atoms with Crippen LogP contribution in [-0.4, -0.2) is 46.6 Å². The van der Waals surface area contributed by atoms with E-state index in [1.807, 2.05) is 74.1 Å². The Morgan fingerprint density at radius 1 is 0.833 bits per heavy atom. The van der Waals surface area contributed by atoms with Crippen LogP contribution in [0, 0.1) is 0 Å². The van der Waals surface area contributed by atoms with E-state index in [-0.39, 0.29) is 6.04 Å². The monoisotopic (exact) mass is 631 g/mol. The first kappa shape index (κ1) is 30.3. The zero-order valence-corrected chi connectivity index (χ0v) is 26.4. The van der Waals surface area contributed by atoms with Crippen molar-refractivity contribution in [3.63, 3.8) is 0 Å². The summed E-state index contributed by atoms with van der Waals surface area (Å²) in [4.78, 5) is 0. The molecular weight excluding hydrogens is 593 g/mol. The number of anilines is 2. The second-order valence-corrected chi connectivity index (χ2v) is 12.9. The van der Waals surface area contributed by atoms with Gasteiger partial charge in [-0.25, -0.2) is 0 Å². The number of thioether (sulfide) groups is 1. The molecule has 0 aliphatic rings. The van der Waals surface area contributed by atoms with Crippen molar-refractivity contribution in [2.75, 3.05) is 29.6 Å². The van der Waals surface area contributed by atoms with Crippen LogP contribution in [0.4, 0.5) is 11.4 Å². The first-order valence-electron chi connectivity index (χ1n) is 12.1. The molecule has 4 N–H and O–H groups in total. The summed E-state index contributed by atoms with van der Waals surface area (Å²) in [6, 6.07) is 24.1. The zero-order chi connectivity index (χ0) is 26.3. The third-order valence-corrected chi connectivity index (χ3v) is 8.81. The number of hydrogen-bond acceptors (Lipinski definition) is 5. The standard InChI is InChI=1S/C17H20N2O2S.C11H16NS.Sn.H/c1-3-20-15-9-5-13(6-10-15)18-17(22)19-14-7-11-16(12-8-14)21-4-2;1-3-13-8-10-6-4-5-7-11(10)9(2)12;;/h5-12H,3-4H2,1-2H3,(H2,18,19,22);4-9H,3,12H2,1-2H3;;. The molecule has 3 aromatic rings. The third kappa shape index (κ3) is 10.6. The van der Waals surface area contributed by atoms with Gasteiger partial charge in [0.1, 0.15) is 11.5 Å². The Balaban J connectivity index is 0.000000281. The number of benzene rings is 3. The second-order valence-electron chi connectivity index (χ2n) is 7.79. The van der Waals surface area contributed by atoms with Crippen molar-refractivity contribution < 1.29 is 9.47 Å². The van der Waals surface area contributed by atoms with Gasteiger partial charge < -0.3 is 20.1 Å². The summed E-state index contributed by atoms with van der Waals surface area (Å²) in [6.45, 7) is 9.50. The molecule has 0 heterocycles. The molecule has 2 radical (unpaired) electrons. The quantitative estimate of drug-likeness (QED) is 0.171. The predicted molar refractivity (Wildman–Crippen MR) is 162 cm³/mol. The number of hydrogen-bond donors (Lipinski definition) is 3. The van der Waals surface area contributed by atoms with E-state index in [9.17, 15) is 0 Å². The molecule has 0 saturated heterocycles. The van der Waals surface area contributed by atoms with Crippen LogP contribution in [0.15, 0.2) is 72.8 Å². The summed E-state index contributed by atoms with van der Waals surface area (Å²) < 4.78 is 11.5. The maximum absolute atomic E-state index is 5.95. The molecule has 0 spiro atoms. The van der Waals surface area contributed by atoms with Crippen molar-refractivity contribution in [3.8, 4) is 11.5 Å². The van der Waals surface area contributed by atoms with Crippen molar-refractivity contribution >= 4 is 63.0 Å². The molecule has 36 heavy (non-hydrogen) atoms. The van der Waals surface area contributed by atoms with E-state index < -0.39 is 0 Å². The van der Waals surface area contributed by atoms with Crippen molar-refractivity contribution in [3.05, 3.63) is 83.9 Å². The molecule has 5 nitrogen and oxygen atoms in total. The summed E-state index contributed by atoms with van der Waals surface area (Å²) in [7, 11) is 0. The third-order valence-electron chi connectivity index (χ3n) is 4.99. The summed E-state index contributed by atoms with van der Waals surface area (Å²) in [5.41, 5.74) is 10.5. The van der Waals surface area contributed by atoms with Gasteiger partial charge in [-0.15, -0.1) is 0 Å². The first-order chi connectivity index (χ1) is 17.4. The number of nitrogens with one attached hydrogen (secondary N) is 2. The van der Waals surface area contributed by atoms with Crippen molar-refractivity contribution in [1.29, 1.82) is 0 Å². The molecule has 0 amide bonds. The number of nitrogens with two attached hydrogens (primary N) is 1. The molecule has 2 unspecified atom stereocenters. The molecule has 0 saturated carbocycles. The van der Waals surface area contributed by atoms with Gasteiger partial charge in [0.25, 0.3) is 0 Å². The van der Waals surface area contributed by atoms with Gasteiger partial charge in [0.05, 0.1) is 13.2 Å². The van der Waals surface area contributed by atoms with E-state index in [4.69, 9.17) is 27.4 Å². The molecule has 3 aromatic carbocycles. The fraction of sp³-hybridized carbons (Fsp3) is 0.321. The molecule has 3 rings (SSSR count). The Labute approximate surface area is 239 Å². The maximum atomic E-state index is 5.95. The fourth-order valence-corrected chi connectivity index (χ4v) is 6.85. The van der Waals surface area contributed by atoms with Gasteiger partial charge in [-0.1, -0.05) is 0 Å². The zero-order valence-electron chi connectivity index (χ0n) is 21.5. The van der Waals surface area contributed by atoms with E-state index in [0.29, 0.717) is 21.6 Å². The van der Waals surface area contributed by atoms with Gasteiger partial charge in [0.2, 0.25) is 0 Å². The van der Waals surface area contributed by atoms with Crippen molar-refractivity contribution in [1.82, 2.24) is 0 Å².